The molecule has 0 unspecified atom stereocenters. The molecule has 1 N–H and O–H groups in total. The number of nitriles is 1. The molecule has 174 valence electrons. The number of halogens is 1. The molecule has 0 radical (unpaired) electrons. The van der Waals surface area contributed by atoms with Gasteiger partial charge in [-0.15, -0.1) is 0 Å². The molecule has 7 heteroatoms. The molecule has 1 amide bonds. The van der Waals surface area contributed by atoms with Crippen LogP contribution >= 0.6 is 15.9 Å². The van der Waals surface area contributed by atoms with E-state index in [1.807, 2.05) is 62.4 Å². The zero-order chi connectivity index (χ0) is 24.5. The van der Waals surface area contributed by atoms with E-state index in [2.05, 4.69) is 44.0 Å². The maximum absolute atomic E-state index is 12.8. The Morgan fingerprint density at radius 2 is 1.86 bits per heavy atom. The summed E-state index contributed by atoms with van der Waals surface area (Å²) in [6.07, 6.45) is 1.65. The molecule has 6 nitrogen and oxygen atoms in total. The van der Waals surface area contributed by atoms with E-state index in [0.29, 0.717) is 11.5 Å². The number of benzene rings is 3. The van der Waals surface area contributed by atoms with E-state index >= 15 is 0 Å². The lowest BCUT2D eigenvalue weighted by atomic mass is 10.1. The topological polar surface area (TPSA) is 76.3 Å². The molecule has 1 aliphatic heterocycles. The number of hydrogen-bond donors (Lipinski definition) is 1. The van der Waals surface area contributed by atoms with Gasteiger partial charge in [-0.05, 0) is 66.8 Å². The van der Waals surface area contributed by atoms with Crippen LogP contribution in [0.1, 0.15) is 22.5 Å². The Morgan fingerprint density at radius 3 is 2.66 bits per heavy atom. The van der Waals surface area contributed by atoms with E-state index in [9.17, 15) is 10.1 Å². The van der Waals surface area contributed by atoms with Gasteiger partial charge in [0.05, 0.1) is 5.69 Å². The van der Waals surface area contributed by atoms with Crippen molar-refractivity contribution in [1.82, 2.24) is 9.88 Å². The first-order valence-corrected chi connectivity index (χ1v) is 11.9. The summed E-state index contributed by atoms with van der Waals surface area (Å²) < 4.78 is 13.9. The second kappa shape index (κ2) is 9.32. The summed E-state index contributed by atoms with van der Waals surface area (Å²) in [5.74, 6) is 0.913. The number of fused-ring (bicyclic) bond motifs is 2. The van der Waals surface area contributed by atoms with Crippen LogP contribution in [0.4, 0.5) is 0 Å². The Bertz CT molecular complexity index is 1550. The lowest BCUT2D eigenvalue weighted by Crippen LogP contribution is -2.23. The molecule has 1 aliphatic rings. The van der Waals surface area contributed by atoms with Crippen LogP contribution in [0.3, 0.4) is 0 Å². The van der Waals surface area contributed by atoms with E-state index in [1.165, 1.54) is 0 Å². The van der Waals surface area contributed by atoms with Gasteiger partial charge in [0.2, 0.25) is 6.79 Å². The molecule has 4 aromatic rings. The Kier molecular flexibility index (Phi) is 6.06. The van der Waals surface area contributed by atoms with Crippen molar-refractivity contribution in [3.8, 4) is 23.3 Å². The van der Waals surface area contributed by atoms with Crippen LogP contribution in [0.5, 0.6) is 11.5 Å². The zero-order valence-corrected chi connectivity index (χ0v) is 20.8. The minimum Gasteiger partial charge on any atom is -0.454 e. The Morgan fingerprint density at radius 1 is 1.09 bits per heavy atom. The van der Waals surface area contributed by atoms with E-state index in [1.54, 1.807) is 6.08 Å². The Labute approximate surface area is 211 Å². The zero-order valence-electron chi connectivity index (χ0n) is 19.3. The number of rotatable bonds is 5. The van der Waals surface area contributed by atoms with Gasteiger partial charge in [0, 0.05) is 27.8 Å². The highest BCUT2D eigenvalue weighted by Gasteiger charge is 2.17. The highest BCUT2D eigenvalue weighted by molar-refractivity contribution is 9.10. The van der Waals surface area contributed by atoms with Crippen molar-refractivity contribution in [3.05, 3.63) is 93.2 Å². The second-order valence-corrected chi connectivity index (χ2v) is 9.17. The van der Waals surface area contributed by atoms with E-state index < -0.39 is 5.91 Å². The van der Waals surface area contributed by atoms with Gasteiger partial charge in [-0.1, -0.05) is 46.3 Å². The number of nitrogens with zero attached hydrogens (tertiary/aromatic N) is 2. The van der Waals surface area contributed by atoms with Crippen molar-refractivity contribution in [2.75, 3.05) is 6.79 Å². The van der Waals surface area contributed by atoms with Crippen molar-refractivity contribution in [2.24, 2.45) is 0 Å². The smallest absolute Gasteiger partial charge is 0.262 e. The van der Waals surface area contributed by atoms with Gasteiger partial charge >= 0.3 is 0 Å². The summed E-state index contributed by atoms with van der Waals surface area (Å²) in [6.45, 7) is 4.49. The van der Waals surface area contributed by atoms with Crippen LogP contribution in [0.15, 0.2) is 70.7 Å². The number of hydrogen-bond acceptors (Lipinski definition) is 4. The van der Waals surface area contributed by atoms with Gasteiger partial charge < -0.3 is 19.4 Å². The summed E-state index contributed by atoms with van der Waals surface area (Å²) in [4.78, 5) is 12.8. The third kappa shape index (κ3) is 4.29. The van der Waals surface area contributed by atoms with Crippen molar-refractivity contribution in [1.29, 1.82) is 5.26 Å². The molecule has 3 aromatic carbocycles. The Hall–Kier alpha value is -4.02. The predicted molar refractivity (Wildman–Crippen MR) is 138 cm³/mol. The minimum atomic E-state index is -0.427. The number of aromatic nitrogens is 1. The van der Waals surface area contributed by atoms with Gasteiger partial charge in [-0.2, -0.15) is 5.26 Å². The normalized spacial score (nSPS) is 12.6. The molecule has 0 aliphatic carbocycles. The largest absolute Gasteiger partial charge is 0.454 e. The van der Waals surface area contributed by atoms with Gasteiger partial charge in [0.15, 0.2) is 11.5 Å². The standard InChI is InChI=1S/C28H22BrN3O3/c1-17-11-20(18(2)32(17)25-9-8-24(29)22-5-3-4-6-23(22)25)13-21(14-30)28(33)31-15-19-7-10-26-27(12-19)35-16-34-26/h3-13H,15-16H2,1-2H3,(H,31,33)/b21-13+. The molecular weight excluding hydrogens is 506 g/mol. The van der Waals surface area contributed by atoms with Crippen LogP contribution in [-0.4, -0.2) is 17.3 Å². The van der Waals surface area contributed by atoms with Crippen LogP contribution in [0.2, 0.25) is 0 Å². The van der Waals surface area contributed by atoms with E-state index in [-0.39, 0.29) is 18.9 Å². The van der Waals surface area contributed by atoms with Crippen molar-refractivity contribution in [2.45, 2.75) is 20.4 Å². The van der Waals surface area contributed by atoms with Gasteiger partial charge in [0.25, 0.3) is 5.91 Å². The summed E-state index contributed by atoms with van der Waals surface area (Å²) in [6, 6.07) is 21.9. The molecule has 0 saturated carbocycles. The molecule has 0 saturated heterocycles. The number of carbonyl (C=O) groups is 1. The van der Waals surface area contributed by atoms with Crippen molar-refractivity contribution >= 4 is 38.7 Å². The van der Waals surface area contributed by atoms with Crippen LogP contribution in [0, 0.1) is 25.2 Å². The summed E-state index contributed by atoms with van der Waals surface area (Å²) in [7, 11) is 0. The number of aryl methyl sites for hydroxylation is 1. The highest BCUT2D eigenvalue weighted by Crippen LogP contribution is 2.33. The number of ether oxygens (including phenoxy) is 2. The van der Waals surface area contributed by atoms with Crippen molar-refractivity contribution < 1.29 is 14.3 Å². The molecule has 0 spiro atoms. The van der Waals surface area contributed by atoms with Gasteiger partial charge in [-0.3, -0.25) is 4.79 Å². The Balaban J connectivity index is 1.42. The monoisotopic (exact) mass is 527 g/mol. The van der Waals surface area contributed by atoms with Gasteiger partial charge in [-0.25, -0.2) is 0 Å². The van der Waals surface area contributed by atoms with Crippen LogP contribution in [-0.2, 0) is 11.3 Å². The molecule has 0 bridgehead atoms. The number of amides is 1. The average Bonchev–Trinajstić information content (AvgIpc) is 3.45. The lowest BCUT2D eigenvalue weighted by molar-refractivity contribution is -0.117. The lowest BCUT2D eigenvalue weighted by Gasteiger charge is -2.14. The first kappa shape index (κ1) is 22.8. The number of carbonyl (C=O) groups excluding carboxylic acids is 1. The molecule has 0 atom stereocenters. The molecule has 2 heterocycles. The summed E-state index contributed by atoms with van der Waals surface area (Å²) in [5, 5.41) is 14.8. The maximum atomic E-state index is 12.8. The first-order chi connectivity index (χ1) is 17.0. The molecular formula is C28H22BrN3O3. The summed E-state index contributed by atoms with van der Waals surface area (Å²) in [5.41, 5.74) is 4.74. The molecule has 5 rings (SSSR count). The fourth-order valence-corrected chi connectivity index (χ4v) is 4.86. The third-order valence-corrected chi connectivity index (χ3v) is 6.81. The van der Waals surface area contributed by atoms with Crippen molar-refractivity contribution in [3.63, 3.8) is 0 Å². The molecule has 1 aromatic heterocycles. The highest BCUT2D eigenvalue weighted by atomic mass is 79.9. The third-order valence-electron chi connectivity index (χ3n) is 6.11. The van der Waals surface area contributed by atoms with E-state index in [4.69, 9.17) is 9.47 Å². The minimum absolute atomic E-state index is 0.0478. The maximum Gasteiger partial charge on any atom is 0.262 e. The fraction of sp³-hybridized carbons (Fsp3) is 0.143. The number of nitrogens with one attached hydrogen (secondary N) is 1. The average molecular weight is 528 g/mol. The predicted octanol–water partition coefficient (Wildman–Crippen LogP) is 5.96. The fourth-order valence-electron chi connectivity index (χ4n) is 4.38. The van der Waals surface area contributed by atoms with E-state index in [0.717, 1.165) is 43.4 Å². The SMILES string of the molecule is Cc1cc(/C=C(\C#N)C(=O)NCc2ccc3c(c2)OCO3)c(C)n1-c1ccc(Br)c2ccccc12. The van der Waals surface area contributed by atoms with Gasteiger partial charge in [0.1, 0.15) is 11.6 Å². The van der Waals surface area contributed by atoms with Crippen LogP contribution in [0.25, 0.3) is 22.5 Å². The summed E-state index contributed by atoms with van der Waals surface area (Å²) >= 11 is 3.64. The first-order valence-electron chi connectivity index (χ1n) is 11.1. The molecule has 35 heavy (non-hydrogen) atoms. The molecule has 0 fully saturated rings. The van der Waals surface area contributed by atoms with Crippen LogP contribution < -0.4 is 14.8 Å². The quantitative estimate of drug-likeness (QED) is 0.256. The second-order valence-electron chi connectivity index (χ2n) is 8.31.